The highest BCUT2D eigenvalue weighted by molar-refractivity contribution is 6.30. The van der Waals surface area contributed by atoms with E-state index in [9.17, 15) is 5.11 Å². The average Bonchev–Trinajstić information content (AvgIpc) is 2.22. The smallest absolute Gasteiger partial charge is 0.124 e. The van der Waals surface area contributed by atoms with Gasteiger partial charge in [-0.1, -0.05) is 24.1 Å². The lowest BCUT2D eigenvalue weighted by Crippen LogP contribution is -2.34. The molecule has 1 aromatic carbocycles. The van der Waals surface area contributed by atoms with Crippen molar-refractivity contribution < 1.29 is 9.84 Å². The average molecular weight is 227 g/mol. The number of rotatable bonds is 2. The van der Waals surface area contributed by atoms with Crippen LogP contribution in [0.5, 0.6) is 5.75 Å². The van der Waals surface area contributed by atoms with Crippen LogP contribution in [0.25, 0.3) is 0 Å². The lowest BCUT2D eigenvalue weighted by atomic mass is 9.95. The molecule has 15 heavy (non-hydrogen) atoms. The van der Waals surface area contributed by atoms with Crippen LogP contribution < -0.4 is 4.74 Å². The lowest BCUT2D eigenvalue weighted by Gasteiger charge is -2.28. The fraction of sp³-hybridized carbons (Fsp3) is 0.500. The molecule has 82 valence electrons. The minimum Gasteiger partial charge on any atom is -0.488 e. The van der Waals surface area contributed by atoms with Gasteiger partial charge < -0.3 is 9.84 Å². The van der Waals surface area contributed by atoms with E-state index in [1.54, 1.807) is 6.07 Å². The molecular weight excluding hydrogens is 212 g/mol. The van der Waals surface area contributed by atoms with E-state index in [0.717, 1.165) is 31.4 Å². The highest BCUT2D eigenvalue weighted by Crippen LogP contribution is 2.25. The van der Waals surface area contributed by atoms with E-state index in [-0.39, 0.29) is 12.2 Å². The Balaban J connectivity index is 2.01. The predicted octanol–water partition coefficient (Wildman–Crippen LogP) is 3.02. The fourth-order valence-electron chi connectivity index (χ4n) is 1.93. The largest absolute Gasteiger partial charge is 0.488 e. The van der Waals surface area contributed by atoms with Crippen molar-refractivity contribution in [1.29, 1.82) is 0 Å². The maximum atomic E-state index is 9.74. The topological polar surface area (TPSA) is 29.5 Å². The third kappa shape index (κ3) is 2.86. The fourth-order valence-corrected chi connectivity index (χ4v) is 2.11. The number of hydrogen-bond acceptors (Lipinski definition) is 2. The minimum absolute atomic E-state index is 0.0720. The Kier molecular flexibility index (Phi) is 3.49. The van der Waals surface area contributed by atoms with Crippen LogP contribution in [-0.4, -0.2) is 17.3 Å². The number of aliphatic hydroxyl groups excluding tert-OH is 1. The van der Waals surface area contributed by atoms with Crippen molar-refractivity contribution in [1.82, 2.24) is 0 Å². The summed E-state index contributed by atoms with van der Waals surface area (Å²) in [6, 6.07) is 7.31. The van der Waals surface area contributed by atoms with Gasteiger partial charge in [0.25, 0.3) is 0 Å². The second-order valence-corrected chi connectivity index (χ2v) is 4.40. The van der Waals surface area contributed by atoms with Crippen molar-refractivity contribution in [3.63, 3.8) is 0 Å². The van der Waals surface area contributed by atoms with Crippen molar-refractivity contribution >= 4 is 11.6 Å². The van der Waals surface area contributed by atoms with Crippen molar-refractivity contribution in [2.24, 2.45) is 0 Å². The Morgan fingerprint density at radius 2 is 2.07 bits per heavy atom. The van der Waals surface area contributed by atoms with Crippen LogP contribution in [0.3, 0.4) is 0 Å². The zero-order chi connectivity index (χ0) is 10.7. The van der Waals surface area contributed by atoms with Crippen LogP contribution in [0.2, 0.25) is 5.02 Å². The van der Waals surface area contributed by atoms with Crippen LogP contribution in [-0.2, 0) is 0 Å². The second-order valence-electron chi connectivity index (χ2n) is 3.97. The van der Waals surface area contributed by atoms with Gasteiger partial charge in [-0.25, -0.2) is 0 Å². The van der Waals surface area contributed by atoms with Crippen molar-refractivity contribution in [2.75, 3.05) is 0 Å². The molecule has 0 bridgehead atoms. The molecular formula is C12H15ClO2. The number of halogens is 1. The summed E-state index contributed by atoms with van der Waals surface area (Å²) in [6.45, 7) is 0. The Morgan fingerprint density at radius 3 is 2.80 bits per heavy atom. The van der Waals surface area contributed by atoms with Gasteiger partial charge in [0.15, 0.2) is 0 Å². The third-order valence-electron chi connectivity index (χ3n) is 2.75. The zero-order valence-corrected chi connectivity index (χ0v) is 9.28. The molecule has 2 nitrogen and oxygen atoms in total. The van der Waals surface area contributed by atoms with Crippen molar-refractivity contribution in [3.05, 3.63) is 29.3 Å². The van der Waals surface area contributed by atoms with Gasteiger partial charge in [0.05, 0.1) is 6.10 Å². The van der Waals surface area contributed by atoms with E-state index >= 15 is 0 Å². The van der Waals surface area contributed by atoms with Crippen LogP contribution in [0, 0.1) is 0 Å². The van der Waals surface area contributed by atoms with Crippen molar-refractivity contribution in [2.45, 2.75) is 37.9 Å². The summed E-state index contributed by atoms with van der Waals surface area (Å²) in [5.74, 6) is 0.744. The molecule has 2 unspecified atom stereocenters. The van der Waals surface area contributed by atoms with Gasteiger partial charge in [0.2, 0.25) is 0 Å². The summed E-state index contributed by atoms with van der Waals surface area (Å²) in [5, 5.41) is 10.4. The summed E-state index contributed by atoms with van der Waals surface area (Å²) in [7, 11) is 0. The van der Waals surface area contributed by atoms with Gasteiger partial charge >= 0.3 is 0 Å². The molecule has 2 rings (SSSR count). The molecule has 0 aliphatic heterocycles. The van der Waals surface area contributed by atoms with Crippen LogP contribution in [0.15, 0.2) is 24.3 Å². The molecule has 1 N–H and O–H groups in total. The van der Waals surface area contributed by atoms with Gasteiger partial charge in [-0.15, -0.1) is 0 Å². The van der Waals surface area contributed by atoms with Gasteiger partial charge in [-0.3, -0.25) is 0 Å². The molecule has 0 heterocycles. The van der Waals surface area contributed by atoms with E-state index in [1.165, 1.54) is 0 Å². The molecule has 1 aromatic rings. The SMILES string of the molecule is OC1CCCCC1Oc1cccc(Cl)c1. The summed E-state index contributed by atoms with van der Waals surface area (Å²) in [6.07, 6.45) is 3.58. The maximum Gasteiger partial charge on any atom is 0.124 e. The molecule has 1 saturated carbocycles. The van der Waals surface area contributed by atoms with E-state index in [4.69, 9.17) is 16.3 Å². The summed E-state index contributed by atoms with van der Waals surface area (Å²) in [5.41, 5.74) is 0. The first kappa shape index (κ1) is 10.8. The Labute approximate surface area is 94.8 Å². The highest BCUT2D eigenvalue weighted by Gasteiger charge is 2.24. The summed E-state index contributed by atoms with van der Waals surface area (Å²) in [4.78, 5) is 0. The first-order valence-corrected chi connectivity index (χ1v) is 5.74. The maximum absolute atomic E-state index is 9.74. The molecule has 0 amide bonds. The number of benzene rings is 1. The van der Waals surface area contributed by atoms with E-state index in [2.05, 4.69) is 0 Å². The van der Waals surface area contributed by atoms with Crippen LogP contribution in [0.4, 0.5) is 0 Å². The van der Waals surface area contributed by atoms with Gasteiger partial charge in [-0.05, 0) is 37.5 Å². The van der Waals surface area contributed by atoms with Gasteiger partial charge in [0.1, 0.15) is 11.9 Å². The van der Waals surface area contributed by atoms with Gasteiger partial charge in [-0.2, -0.15) is 0 Å². The Hall–Kier alpha value is -0.730. The summed E-state index contributed by atoms with van der Waals surface area (Å²) >= 11 is 5.86. The van der Waals surface area contributed by atoms with E-state index < -0.39 is 0 Å². The van der Waals surface area contributed by atoms with E-state index in [1.807, 2.05) is 18.2 Å². The standard InChI is InChI=1S/C12H15ClO2/c13-9-4-3-5-10(8-9)15-12-7-2-1-6-11(12)14/h3-5,8,11-12,14H,1-2,6-7H2. The molecule has 1 aliphatic carbocycles. The zero-order valence-electron chi connectivity index (χ0n) is 8.53. The van der Waals surface area contributed by atoms with E-state index in [0.29, 0.717) is 5.02 Å². The quantitative estimate of drug-likeness (QED) is 0.840. The molecule has 2 atom stereocenters. The highest BCUT2D eigenvalue weighted by atomic mass is 35.5. The molecule has 1 fully saturated rings. The third-order valence-corrected chi connectivity index (χ3v) is 2.99. The predicted molar refractivity (Wildman–Crippen MR) is 60.3 cm³/mol. The number of hydrogen-bond donors (Lipinski definition) is 1. The lowest BCUT2D eigenvalue weighted by molar-refractivity contribution is 0.00688. The number of ether oxygens (including phenoxy) is 1. The molecule has 0 spiro atoms. The Morgan fingerprint density at radius 1 is 1.27 bits per heavy atom. The first-order chi connectivity index (χ1) is 7.25. The van der Waals surface area contributed by atoms with Crippen LogP contribution >= 0.6 is 11.6 Å². The first-order valence-electron chi connectivity index (χ1n) is 5.36. The summed E-state index contributed by atoms with van der Waals surface area (Å²) < 4.78 is 5.71. The van der Waals surface area contributed by atoms with Gasteiger partial charge in [0, 0.05) is 5.02 Å². The number of aliphatic hydroxyl groups is 1. The second kappa shape index (κ2) is 4.86. The molecule has 1 aliphatic rings. The molecule has 0 radical (unpaired) electrons. The molecule has 0 saturated heterocycles. The Bertz CT molecular complexity index is 327. The monoisotopic (exact) mass is 226 g/mol. The molecule has 0 aromatic heterocycles. The van der Waals surface area contributed by atoms with Crippen molar-refractivity contribution in [3.8, 4) is 5.75 Å². The normalized spacial score (nSPS) is 26.3. The molecule has 3 heteroatoms. The van der Waals surface area contributed by atoms with Crippen LogP contribution in [0.1, 0.15) is 25.7 Å². The minimum atomic E-state index is -0.335.